The highest BCUT2D eigenvalue weighted by Gasteiger charge is 2.31. The average Bonchev–Trinajstić information content (AvgIpc) is 2.12. The van der Waals surface area contributed by atoms with E-state index in [2.05, 4.69) is 0 Å². The van der Waals surface area contributed by atoms with Crippen LogP contribution < -0.4 is 0 Å². The van der Waals surface area contributed by atoms with Gasteiger partial charge in [-0.3, -0.25) is 4.79 Å². The van der Waals surface area contributed by atoms with E-state index < -0.39 is 38.6 Å². The first-order valence-corrected chi connectivity index (χ1v) is 6.97. The van der Waals surface area contributed by atoms with Crippen molar-refractivity contribution in [3.05, 3.63) is 0 Å². The molecule has 0 heterocycles. The highest BCUT2D eigenvalue weighted by atomic mass is 32.2. The monoisotopic (exact) mass is 284 g/mol. The lowest BCUT2D eigenvalue weighted by Crippen LogP contribution is -2.28. The lowest BCUT2D eigenvalue weighted by atomic mass is 10.2. The van der Waals surface area contributed by atoms with Crippen molar-refractivity contribution in [3.8, 4) is 0 Å². The largest absolute Gasteiger partial charge is 0.478 e. The van der Waals surface area contributed by atoms with Gasteiger partial charge >= 0.3 is 11.9 Å². The van der Waals surface area contributed by atoms with E-state index in [1.165, 1.54) is 0 Å². The van der Waals surface area contributed by atoms with Gasteiger partial charge in [-0.2, -0.15) is 0 Å². The van der Waals surface area contributed by atoms with Gasteiger partial charge in [-0.25, -0.2) is 17.6 Å². The maximum Gasteiger partial charge on any atom is 0.354 e. The van der Waals surface area contributed by atoms with E-state index in [1.807, 2.05) is 0 Å². The zero-order chi connectivity index (χ0) is 14.6. The number of esters is 1. The van der Waals surface area contributed by atoms with Crippen LogP contribution in [0.25, 0.3) is 0 Å². The molecule has 0 aliphatic heterocycles. The van der Waals surface area contributed by atoms with Crippen LogP contribution in [-0.2, 0) is 24.2 Å². The van der Waals surface area contributed by atoms with Gasteiger partial charge in [0.05, 0.1) is 5.75 Å². The Morgan fingerprint density at radius 3 is 2.22 bits per heavy atom. The number of halogens is 1. The van der Waals surface area contributed by atoms with Crippen molar-refractivity contribution in [1.82, 2.24) is 0 Å². The highest BCUT2D eigenvalue weighted by molar-refractivity contribution is 7.92. The van der Waals surface area contributed by atoms with E-state index >= 15 is 0 Å². The zero-order valence-electron chi connectivity index (χ0n) is 10.5. The molecule has 0 radical (unpaired) electrons. The molecule has 6 nitrogen and oxygen atoms in total. The van der Waals surface area contributed by atoms with E-state index in [0.29, 0.717) is 0 Å². The third-order valence-electron chi connectivity index (χ3n) is 1.74. The van der Waals surface area contributed by atoms with E-state index in [4.69, 9.17) is 9.84 Å². The number of alkyl halides is 1. The van der Waals surface area contributed by atoms with E-state index in [9.17, 15) is 22.4 Å². The smallest absolute Gasteiger partial charge is 0.354 e. The third kappa shape index (κ3) is 6.53. The Morgan fingerprint density at radius 1 is 1.33 bits per heavy atom. The molecule has 0 amide bonds. The molecule has 0 spiro atoms. The minimum Gasteiger partial charge on any atom is -0.478 e. The molecule has 1 atom stereocenters. The van der Waals surface area contributed by atoms with Gasteiger partial charge in [0.2, 0.25) is 0 Å². The molecule has 8 heteroatoms. The number of carboxylic acid groups (broad SMARTS) is 1. The summed E-state index contributed by atoms with van der Waals surface area (Å²) in [5, 5.41) is 8.23. The minimum atomic E-state index is -4.37. The Bertz CT molecular complexity index is 409. The Morgan fingerprint density at radius 2 is 1.83 bits per heavy atom. The summed E-state index contributed by atoms with van der Waals surface area (Å²) >= 11 is 0. The second-order valence-corrected chi connectivity index (χ2v) is 6.86. The van der Waals surface area contributed by atoms with Gasteiger partial charge in [0, 0.05) is 6.42 Å². The fraction of sp³-hybridized carbons (Fsp3) is 0.800. The molecule has 0 rings (SSSR count). The fourth-order valence-corrected chi connectivity index (χ4v) is 2.13. The summed E-state index contributed by atoms with van der Waals surface area (Å²) in [6.45, 7) is 4.97. The van der Waals surface area contributed by atoms with Crippen molar-refractivity contribution in [2.45, 2.75) is 44.7 Å². The van der Waals surface area contributed by atoms with Crippen LogP contribution in [0, 0.1) is 0 Å². The number of sulfone groups is 1. The van der Waals surface area contributed by atoms with E-state index in [-0.39, 0.29) is 12.8 Å². The highest BCUT2D eigenvalue weighted by Crippen LogP contribution is 2.11. The Balaban J connectivity index is 4.21. The van der Waals surface area contributed by atoms with Crippen LogP contribution in [0.1, 0.15) is 33.6 Å². The second-order valence-electron chi connectivity index (χ2n) is 4.71. The Labute approximate surface area is 105 Å². The molecule has 0 aromatic rings. The molecule has 0 fully saturated rings. The molecular formula is C10H17FO6S. The molecule has 1 unspecified atom stereocenters. The Kier molecular flexibility index (Phi) is 5.72. The van der Waals surface area contributed by atoms with Gasteiger partial charge in [0.15, 0.2) is 9.84 Å². The first kappa shape index (κ1) is 16.8. The predicted molar refractivity (Wildman–Crippen MR) is 61.4 cm³/mol. The standard InChI is InChI=1S/C10H17FO6S/c1-10(2,3)17-7(12)5-4-6-18(15,16)8(11)9(13)14/h8H,4-6H2,1-3H3,(H,13,14). The summed E-state index contributed by atoms with van der Waals surface area (Å²) < 4.78 is 40.0. The molecule has 0 saturated carbocycles. The molecule has 1 N–H and O–H groups in total. The van der Waals surface area contributed by atoms with Gasteiger partial charge in [0.25, 0.3) is 5.50 Å². The number of hydrogen-bond donors (Lipinski definition) is 1. The molecule has 0 bridgehead atoms. The molecule has 18 heavy (non-hydrogen) atoms. The van der Waals surface area contributed by atoms with Gasteiger partial charge in [-0.15, -0.1) is 0 Å². The molecular weight excluding hydrogens is 267 g/mol. The number of carboxylic acids is 1. The molecule has 0 saturated heterocycles. The summed E-state index contributed by atoms with van der Waals surface area (Å²) in [5.74, 6) is -3.37. The number of hydrogen-bond acceptors (Lipinski definition) is 5. The van der Waals surface area contributed by atoms with Crippen molar-refractivity contribution >= 4 is 21.8 Å². The van der Waals surface area contributed by atoms with Crippen LogP contribution in [0.4, 0.5) is 4.39 Å². The molecule has 0 aromatic carbocycles. The van der Waals surface area contributed by atoms with Crippen LogP contribution in [0.3, 0.4) is 0 Å². The summed E-state index contributed by atoms with van der Waals surface area (Å²) in [5.41, 5.74) is -3.63. The first-order valence-electron chi connectivity index (χ1n) is 5.26. The van der Waals surface area contributed by atoms with Crippen molar-refractivity contribution in [1.29, 1.82) is 0 Å². The van der Waals surface area contributed by atoms with Crippen molar-refractivity contribution in [2.24, 2.45) is 0 Å². The lowest BCUT2D eigenvalue weighted by Gasteiger charge is -2.19. The predicted octanol–water partition coefficient (Wildman–Crippen LogP) is 0.903. The average molecular weight is 284 g/mol. The number of carbonyl (C=O) groups is 2. The fourth-order valence-electron chi connectivity index (χ4n) is 1.07. The van der Waals surface area contributed by atoms with Crippen LogP contribution >= 0.6 is 0 Å². The number of ether oxygens (including phenoxy) is 1. The third-order valence-corrected chi connectivity index (χ3v) is 3.43. The quantitative estimate of drug-likeness (QED) is 0.728. The Hall–Kier alpha value is -1.18. The first-order chi connectivity index (χ1) is 7.96. The van der Waals surface area contributed by atoms with Crippen LogP contribution in [0.5, 0.6) is 0 Å². The lowest BCUT2D eigenvalue weighted by molar-refractivity contribution is -0.154. The second kappa shape index (κ2) is 6.12. The molecule has 106 valence electrons. The number of carbonyl (C=O) groups excluding carboxylic acids is 1. The molecule has 0 aromatic heterocycles. The van der Waals surface area contributed by atoms with Crippen molar-refractivity contribution in [2.75, 3.05) is 5.75 Å². The zero-order valence-corrected chi connectivity index (χ0v) is 11.3. The van der Waals surface area contributed by atoms with Crippen molar-refractivity contribution in [3.63, 3.8) is 0 Å². The SMILES string of the molecule is CC(C)(C)OC(=O)CCCS(=O)(=O)C(F)C(=O)O. The van der Waals surface area contributed by atoms with Gasteiger partial charge in [-0.1, -0.05) is 0 Å². The number of rotatable bonds is 6. The van der Waals surface area contributed by atoms with Gasteiger partial charge in [-0.05, 0) is 27.2 Å². The maximum absolute atomic E-state index is 12.8. The summed E-state index contributed by atoms with van der Waals surface area (Å²) in [6.07, 6.45) is -0.381. The van der Waals surface area contributed by atoms with Gasteiger partial charge < -0.3 is 9.84 Å². The van der Waals surface area contributed by atoms with Crippen LogP contribution in [-0.4, -0.2) is 42.3 Å². The minimum absolute atomic E-state index is 0.176. The molecule has 0 aliphatic rings. The number of aliphatic carboxylic acids is 1. The maximum atomic E-state index is 12.8. The topological polar surface area (TPSA) is 97.7 Å². The van der Waals surface area contributed by atoms with Gasteiger partial charge in [0.1, 0.15) is 5.60 Å². The van der Waals surface area contributed by atoms with Crippen molar-refractivity contribution < 1.29 is 32.2 Å². The summed E-state index contributed by atoms with van der Waals surface area (Å²) in [6, 6.07) is 0. The van der Waals surface area contributed by atoms with E-state index in [0.717, 1.165) is 0 Å². The van der Waals surface area contributed by atoms with Crippen LogP contribution in [0.2, 0.25) is 0 Å². The van der Waals surface area contributed by atoms with E-state index in [1.54, 1.807) is 20.8 Å². The summed E-state index contributed by atoms with van der Waals surface area (Å²) in [4.78, 5) is 21.4. The normalized spacial score (nSPS) is 14.0. The summed E-state index contributed by atoms with van der Waals surface area (Å²) in [7, 11) is -4.37. The van der Waals surface area contributed by atoms with Crippen LogP contribution in [0.15, 0.2) is 0 Å². The molecule has 0 aliphatic carbocycles.